The number of nitrogens with zero attached hydrogens (tertiary/aromatic N) is 2. The monoisotopic (exact) mass is 294 g/mol. The molecule has 5 heteroatoms. The van der Waals surface area contributed by atoms with Crippen molar-refractivity contribution < 1.29 is 5.11 Å². The molecule has 0 aliphatic rings. The van der Waals surface area contributed by atoms with Gasteiger partial charge >= 0.3 is 0 Å². The molecule has 72 valence electrons. The SMILES string of the molecule is CC(O)CCn1cncc(I)c1=O. The van der Waals surface area contributed by atoms with Gasteiger partial charge in [-0.25, -0.2) is 4.98 Å². The Labute approximate surface area is 89.8 Å². The van der Waals surface area contributed by atoms with Gasteiger partial charge < -0.3 is 5.11 Å². The molecule has 13 heavy (non-hydrogen) atoms. The second-order valence-corrected chi connectivity index (χ2v) is 4.04. The van der Waals surface area contributed by atoms with Crippen molar-refractivity contribution in [2.75, 3.05) is 0 Å². The van der Waals surface area contributed by atoms with E-state index < -0.39 is 0 Å². The van der Waals surface area contributed by atoms with Gasteiger partial charge in [-0.15, -0.1) is 0 Å². The van der Waals surface area contributed by atoms with Crippen LogP contribution in [-0.2, 0) is 6.54 Å². The maximum atomic E-state index is 11.4. The number of halogens is 1. The van der Waals surface area contributed by atoms with Crippen LogP contribution in [0.15, 0.2) is 17.3 Å². The zero-order chi connectivity index (χ0) is 9.84. The molecule has 1 aromatic heterocycles. The van der Waals surface area contributed by atoms with E-state index in [1.54, 1.807) is 6.92 Å². The lowest BCUT2D eigenvalue weighted by molar-refractivity contribution is 0.177. The van der Waals surface area contributed by atoms with E-state index in [9.17, 15) is 4.79 Å². The van der Waals surface area contributed by atoms with Crippen LogP contribution in [0.4, 0.5) is 0 Å². The number of aromatic nitrogens is 2. The summed E-state index contributed by atoms with van der Waals surface area (Å²) in [7, 11) is 0. The van der Waals surface area contributed by atoms with E-state index >= 15 is 0 Å². The minimum Gasteiger partial charge on any atom is -0.393 e. The molecule has 1 N–H and O–H groups in total. The van der Waals surface area contributed by atoms with E-state index in [1.807, 2.05) is 22.6 Å². The molecule has 0 saturated carbocycles. The molecule has 0 spiro atoms. The first kappa shape index (κ1) is 10.6. The van der Waals surface area contributed by atoms with Crippen LogP contribution in [0, 0.1) is 3.57 Å². The highest BCUT2D eigenvalue weighted by Crippen LogP contribution is 1.96. The van der Waals surface area contributed by atoms with Crippen molar-refractivity contribution >= 4 is 22.6 Å². The first-order valence-corrected chi connectivity index (χ1v) is 5.07. The molecule has 1 rings (SSSR count). The fourth-order valence-electron chi connectivity index (χ4n) is 0.909. The Kier molecular flexibility index (Phi) is 3.86. The predicted octanol–water partition coefficient (Wildman–Crippen LogP) is 0.619. The van der Waals surface area contributed by atoms with Crippen molar-refractivity contribution in [3.8, 4) is 0 Å². The van der Waals surface area contributed by atoms with Crippen LogP contribution in [-0.4, -0.2) is 20.8 Å². The van der Waals surface area contributed by atoms with Gasteiger partial charge in [0.25, 0.3) is 5.56 Å². The Morgan fingerprint density at radius 2 is 2.46 bits per heavy atom. The van der Waals surface area contributed by atoms with Crippen LogP contribution in [0.1, 0.15) is 13.3 Å². The number of aliphatic hydroxyl groups is 1. The lowest BCUT2D eigenvalue weighted by Crippen LogP contribution is -2.23. The molecular formula is C8H11IN2O2. The van der Waals surface area contributed by atoms with E-state index in [-0.39, 0.29) is 11.7 Å². The number of hydrogen-bond acceptors (Lipinski definition) is 3. The Morgan fingerprint density at radius 1 is 1.77 bits per heavy atom. The first-order chi connectivity index (χ1) is 6.11. The number of aryl methyl sites for hydroxylation is 1. The van der Waals surface area contributed by atoms with Gasteiger partial charge in [0.05, 0.1) is 16.0 Å². The summed E-state index contributed by atoms with van der Waals surface area (Å²) in [5.41, 5.74) is -0.0451. The third-order valence-corrected chi connectivity index (χ3v) is 2.39. The summed E-state index contributed by atoms with van der Waals surface area (Å²) >= 11 is 1.95. The molecule has 0 bridgehead atoms. The van der Waals surface area contributed by atoms with Crippen LogP contribution in [0.25, 0.3) is 0 Å². The minimum absolute atomic E-state index is 0.0451. The summed E-state index contributed by atoms with van der Waals surface area (Å²) < 4.78 is 2.11. The molecule has 0 aliphatic heterocycles. The molecule has 1 atom stereocenters. The van der Waals surface area contributed by atoms with Gasteiger partial charge in [-0.1, -0.05) is 0 Å². The zero-order valence-corrected chi connectivity index (χ0v) is 9.43. The lowest BCUT2D eigenvalue weighted by Gasteiger charge is -2.06. The molecule has 1 heterocycles. The van der Waals surface area contributed by atoms with Crippen LogP contribution in [0.2, 0.25) is 0 Å². The van der Waals surface area contributed by atoms with Gasteiger partial charge in [0.1, 0.15) is 0 Å². The Balaban J connectivity index is 2.78. The third-order valence-electron chi connectivity index (χ3n) is 1.65. The summed E-state index contributed by atoms with van der Waals surface area (Å²) in [4.78, 5) is 15.3. The molecule has 1 unspecified atom stereocenters. The van der Waals surface area contributed by atoms with Gasteiger partial charge in [0.15, 0.2) is 0 Å². The molecular weight excluding hydrogens is 283 g/mol. The predicted molar refractivity (Wildman–Crippen MR) is 57.5 cm³/mol. The topological polar surface area (TPSA) is 55.1 Å². The molecule has 0 radical (unpaired) electrons. The smallest absolute Gasteiger partial charge is 0.266 e. The van der Waals surface area contributed by atoms with Crippen molar-refractivity contribution in [3.05, 3.63) is 26.4 Å². The number of hydrogen-bond donors (Lipinski definition) is 1. The highest BCUT2D eigenvalue weighted by atomic mass is 127. The van der Waals surface area contributed by atoms with Gasteiger partial charge in [-0.2, -0.15) is 0 Å². The fourth-order valence-corrected chi connectivity index (χ4v) is 1.38. The highest BCUT2D eigenvalue weighted by Gasteiger charge is 2.01. The summed E-state index contributed by atoms with van der Waals surface area (Å²) in [6, 6.07) is 0. The van der Waals surface area contributed by atoms with Crippen LogP contribution in [0.3, 0.4) is 0 Å². The van der Waals surface area contributed by atoms with E-state index in [2.05, 4.69) is 4.98 Å². The Bertz CT molecular complexity index is 335. The zero-order valence-electron chi connectivity index (χ0n) is 7.27. The summed E-state index contributed by atoms with van der Waals surface area (Å²) in [6.07, 6.45) is 3.21. The van der Waals surface area contributed by atoms with Gasteiger partial charge in [-0.3, -0.25) is 9.36 Å². The molecule has 0 aromatic carbocycles. The Hall–Kier alpha value is -0.430. The summed E-state index contributed by atoms with van der Waals surface area (Å²) in [5, 5.41) is 9.04. The summed E-state index contributed by atoms with van der Waals surface area (Å²) in [5.74, 6) is 0. The molecule has 0 saturated heterocycles. The average molecular weight is 294 g/mol. The summed E-state index contributed by atoms with van der Waals surface area (Å²) in [6.45, 7) is 2.21. The average Bonchev–Trinajstić information content (AvgIpc) is 2.07. The second-order valence-electron chi connectivity index (χ2n) is 2.88. The lowest BCUT2D eigenvalue weighted by atomic mass is 10.3. The molecule has 0 fully saturated rings. The maximum Gasteiger partial charge on any atom is 0.266 e. The Morgan fingerprint density at radius 3 is 3.08 bits per heavy atom. The van der Waals surface area contributed by atoms with Gasteiger partial charge in [-0.05, 0) is 35.9 Å². The van der Waals surface area contributed by atoms with E-state index in [4.69, 9.17) is 5.11 Å². The first-order valence-electron chi connectivity index (χ1n) is 3.99. The fraction of sp³-hybridized carbons (Fsp3) is 0.500. The minimum atomic E-state index is -0.384. The van der Waals surface area contributed by atoms with E-state index in [0.29, 0.717) is 16.5 Å². The standard InChI is InChI=1S/C8H11IN2O2/c1-6(12)2-3-11-5-10-4-7(9)8(11)13/h4-6,12H,2-3H2,1H3. The molecule has 4 nitrogen and oxygen atoms in total. The van der Waals surface area contributed by atoms with Crippen molar-refractivity contribution in [2.45, 2.75) is 26.0 Å². The molecule has 1 aromatic rings. The number of rotatable bonds is 3. The van der Waals surface area contributed by atoms with E-state index in [1.165, 1.54) is 17.1 Å². The number of aliphatic hydroxyl groups excluding tert-OH is 1. The third kappa shape index (κ3) is 3.07. The van der Waals surface area contributed by atoms with E-state index in [0.717, 1.165) is 0 Å². The van der Waals surface area contributed by atoms with Crippen molar-refractivity contribution in [1.29, 1.82) is 0 Å². The quantitative estimate of drug-likeness (QED) is 0.831. The van der Waals surface area contributed by atoms with Crippen LogP contribution >= 0.6 is 22.6 Å². The van der Waals surface area contributed by atoms with Crippen molar-refractivity contribution in [3.63, 3.8) is 0 Å². The second kappa shape index (κ2) is 4.71. The van der Waals surface area contributed by atoms with Crippen molar-refractivity contribution in [1.82, 2.24) is 9.55 Å². The normalized spacial score (nSPS) is 12.8. The van der Waals surface area contributed by atoms with Crippen molar-refractivity contribution in [2.24, 2.45) is 0 Å². The molecule has 0 aliphatic carbocycles. The largest absolute Gasteiger partial charge is 0.393 e. The van der Waals surface area contributed by atoms with Gasteiger partial charge in [0, 0.05) is 12.7 Å². The highest BCUT2D eigenvalue weighted by molar-refractivity contribution is 14.1. The van der Waals surface area contributed by atoms with Crippen LogP contribution in [0.5, 0.6) is 0 Å². The van der Waals surface area contributed by atoms with Crippen LogP contribution < -0.4 is 5.56 Å². The maximum absolute atomic E-state index is 11.4. The molecule has 0 amide bonds. The van der Waals surface area contributed by atoms with Gasteiger partial charge in [0.2, 0.25) is 0 Å².